The molecule has 0 saturated carbocycles. The Bertz CT molecular complexity index is 857. The molecule has 3 rings (SSSR count). The lowest BCUT2D eigenvalue weighted by molar-refractivity contribution is 0.355. The standard InChI is InChI=1S/C18H15ClN2O3/c1-22-15-9-3-12(11-16(15)23-2)4-10-17-20-21-18(24-17)13-5-7-14(19)8-6-13/h3-11H,1-2H3/b10-4+. The summed E-state index contributed by atoms with van der Waals surface area (Å²) in [5, 5.41) is 8.71. The van der Waals surface area contributed by atoms with Crippen LogP contribution in [0.2, 0.25) is 5.02 Å². The lowest BCUT2D eigenvalue weighted by atomic mass is 10.2. The third-order valence-corrected chi connectivity index (χ3v) is 3.61. The Hall–Kier alpha value is -2.79. The van der Waals surface area contributed by atoms with E-state index >= 15 is 0 Å². The summed E-state index contributed by atoms with van der Waals surface area (Å²) < 4.78 is 16.1. The van der Waals surface area contributed by atoms with Crippen molar-refractivity contribution in [1.82, 2.24) is 10.2 Å². The smallest absolute Gasteiger partial charge is 0.248 e. The average Bonchev–Trinajstić information content (AvgIpc) is 3.09. The van der Waals surface area contributed by atoms with Gasteiger partial charge in [-0.15, -0.1) is 10.2 Å². The molecule has 0 N–H and O–H groups in total. The van der Waals surface area contributed by atoms with E-state index in [0.29, 0.717) is 28.3 Å². The van der Waals surface area contributed by atoms with Gasteiger partial charge < -0.3 is 13.9 Å². The van der Waals surface area contributed by atoms with Gasteiger partial charge in [0.05, 0.1) is 14.2 Å². The zero-order valence-corrected chi connectivity index (χ0v) is 13.9. The maximum atomic E-state index is 5.87. The molecule has 0 spiro atoms. The highest BCUT2D eigenvalue weighted by Crippen LogP contribution is 2.28. The van der Waals surface area contributed by atoms with Crippen molar-refractivity contribution in [2.75, 3.05) is 14.2 Å². The zero-order chi connectivity index (χ0) is 16.9. The molecule has 3 aromatic rings. The van der Waals surface area contributed by atoms with Crippen LogP contribution < -0.4 is 9.47 Å². The summed E-state index contributed by atoms with van der Waals surface area (Å²) in [5.41, 5.74) is 1.75. The Morgan fingerprint density at radius 2 is 1.67 bits per heavy atom. The number of ether oxygens (including phenoxy) is 2. The van der Waals surface area contributed by atoms with Crippen LogP contribution in [-0.2, 0) is 0 Å². The van der Waals surface area contributed by atoms with Gasteiger partial charge in [0.25, 0.3) is 0 Å². The highest BCUT2D eigenvalue weighted by atomic mass is 35.5. The van der Waals surface area contributed by atoms with E-state index in [-0.39, 0.29) is 0 Å². The molecule has 1 aromatic heterocycles. The van der Waals surface area contributed by atoms with Gasteiger partial charge in [-0.1, -0.05) is 17.7 Å². The van der Waals surface area contributed by atoms with Crippen LogP contribution in [0.15, 0.2) is 46.9 Å². The molecule has 0 bridgehead atoms. The topological polar surface area (TPSA) is 57.4 Å². The van der Waals surface area contributed by atoms with E-state index in [2.05, 4.69) is 10.2 Å². The van der Waals surface area contributed by atoms with Gasteiger partial charge in [0.15, 0.2) is 11.5 Å². The van der Waals surface area contributed by atoms with Crippen LogP contribution in [0.3, 0.4) is 0 Å². The first-order chi connectivity index (χ1) is 11.7. The van der Waals surface area contributed by atoms with Crippen LogP contribution in [0.4, 0.5) is 0 Å². The predicted molar refractivity (Wildman–Crippen MR) is 93.2 cm³/mol. The fraction of sp³-hybridized carbons (Fsp3) is 0.111. The Morgan fingerprint density at radius 3 is 2.38 bits per heavy atom. The molecule has 0 saturated heterocycles. The second-order valence-electron chi connectivity index (χ2n) is 4.90. The first-order valence-electron chi connectivity index (χ1n) is 7.19. The summed E-state index contributed by atoms with van der Waals surface area (Å²) in [6.07, 6.45) is 3.61. The normalized spacial score (nSPS) is 11.0. The quantitative estimate of drug-likeness (QED) is 0.679. The first kappa shape index (κ1) is 16.1. The molecule has 0 amide bonds. The molecule has 24 heavy (non-hydrogen) atoms. The summed E-state index contributed by atoms with van der Waals surface area (Å²) in [5.74, 6) is 2.19. The minimum absolute atomic E-state index is 0.412. The number of halogens is 1. The van der Waals surface area contributed by atoms with Crippen molar-refractivity contribution in [2.45, 2.75) is 0 Å². The van der Waals surface area contributed by atoms with E-state index < -0.39 is 0 Å². The third kappa shape index (κ3) is 3.58. The van der Waals surface area contributed by atoms with E-state index in [1.165, 1.54) is 0 Å². The van der Waals surface area contributed by atoms with Crippen molar-refractivity contribution in [2.24, 2.45) is 0 Å². The minimum atomic E-state index is 0.412. The summed E-state index contributed by atoms with van der Waals surface area (Å²) in [6.45, 7) is 0. The number of nitrogens with zero attached hydrogens (tertiary/aromatic N) is 2. The number of hydrogen-bond acceptors (Lipinski definition) is 5. The van der Waals surface area contributed by atoms with Gasteiger partial charge >= 0.3 is 0 Å². The number of benzene rings is 2. The van der Waals surface area contributed by atoms with Crippen LogP contribution in [0.1, 0.15) is 11.5 Å². The molecule has 0 unspecified atom stereocenters. The van der Waals surface area contributed by atoms with Gasteiger partial charge in [0, 0.05) is 16.7 Å². The Kier molecular flexibility index (Phi) is 4.82. The number of methoxy groups -OCH3 is 2. The summed E-state index contributed by atoms with van der Waals surface area (Å²) in [7, 11) is 3.20. The molecule has 0 aliphatic carbocycles. The second-order valence-corrected chi connectivity index (χ2v) is 5.34. The van der Waals surface area contributed by atoms with Crippen molar-refractivity contribution in [3.8, 4) is 23.0 Å². The maximum absolute atomic E-state index is 5.87. The van der Waals surface area contributed by atoms with Crippen LogP contribution in [0, 0.1) is 0 Å². The van der Waals surface area contributed by atoms with E-state index in [0.717, 1.165) is 11.1 Å². The lowest BCUT2D eigenvalue weighted by Gasteiger charge is -2.07. The second kappa shape index (κ2) is 7.19. The fourth-order valence-corrected chi connectivity index (χ4v) is 2.26. The number of hydrogen-bond donors (Lipinski definition) is 0. The van der Waals surface area contributed by atoms with E-state index in [9.17, 15) is 0 Å². The van der Waals surface area contributed by atoms with Crippen LogP contribution in [-0.4, -0.2) is 24.4 Å². The molecule has 0 atom stereocenters. The van der Waals surface area contributed by atoms with Crippen LogP contribution in [0.5, 0.6) is 11.5 Å². The predicted octanol–water partition coefficient (Wildman–Crippen LogP) is 4.58. The molecular weight excluding hydrogens is 328 g/mol. The van der Waals surface area contributed by atoms with Crippen LogP contribution >= 0.6 is 11.6 Å². The molecule has 0 fully saturated rings. The minimum Gasteiger partial charge on any atom is -0.493 e. The Morgan fingerprint density at radius 1 is 0.917 bits per heavy atom. The first-order valence-corrected chi connectivity index (χ1v) is 7.57. The van der Waals surface area contributed by atoms with Gasteiger partial charge in [0.2, 0.25) is 11.8 Å². The van der Waals surface area contributed by atoms with E-state index in [1.807, 2.05) is 36.4 Å². The zero-order valence-electron chi connectivity index (χ0n) is 13.2. The molecule has 6 heteroatoms. The van der Waals surface area contributed by atoms with Crippen molar-refractivity contribution in [3.05, 3.63) is 58.9 Å². The molecular formula is C18H15ClN2O3. The lowest BCUT2D eigenvalue weighted by Crippen LogP contribution is -1.90. The molecule has 0 aliphatic rings. The third-order valence-electron chi connectivity index (χ3n) is 3.36. The van der Waals surface area contributed by atoms with Gasteiger partial charge in [0.1, 0.15) is 0 Å². The Labute approximate surface area is 144 Å². The monoisotopic (exact) mass is 342 g/mol. The van der Waals surface area contributed by atoms with Gasteiger partial charge in [-0.25, -0.2) is 0 Å². The highest BCUT2D eigenvalue weighted by molar-refractivity contribution is 6.30. The average molecular weight is 343 g/mol. The number of rotatable bonds is 5. The van der Waals surface area contributed by atoms with E-state index in [4.69, 9.17) is 25.5 Å². The molecule has 1 heterocycles. The van der Waals surface area contributed by atoms with Crippen molar-refractivity contribution >= 4 is 23.8 Å². The molecule has 5 nitrogen and oxygen atoms in total. The van der Waals surface area contributed by atoms with Crippen molar-refractivity contribution in [3.63, 3.8) is 0 Å². The molecule has 122 valence electrons. The van der Waals surface area contributed by atoms with Crippen LogP contribution in [0.25, 0.3) is 23.6 Å². The van der Waals surface area contributed by atoms with Gasteiger partial charge in [-0.3, -0.25) is 0 Å². The van der Waals surface area contributed by atoms with Gasteiger partial charge in [-0.2, -0.15) is 0 Å². The Balaban J connectivity index is 1.79. The largest absolute Gasteiger partial charge is 0.493 e. The molecule has 2 aromatic carbocycles. The summed E-state index contributed by atoms with van der Waals surface area (Å²) in [6, 6.07) is 12.8. The van der Waals surface area contributed by atoms with Gasteiger partial charge in [-0.05, 0) is 48.0 Å². The highest BCUT2D eigenvalue weighted by Gasteiger charge is 2.07. The SMILES string of the molecule is COc1ccc(/C=C/c2nnc(-c3ccc(Cl)cc3)o2)cc1OC. The molecule has 0 radical (unpaired) electrons. The van der Waals surface area contributed by atoms with E-state index in [1.54, 1.807) is 32.4 Å². The van der Waals surface area contributed by atoms with Crippen molar-refractivity contribution < 1.29 is 13.9 Å². The summed E-state index contributed by atoms with van der Waals surface area (Å²) >= 11 is 5.87. The summed E-state index contributed by atoms with van der Waals surface area (Å²) in [4.78, 5) is 0. The molecule has 0 aliphatic heterocycles. The maximum Gasteiger partial charge on any atom is 0.248 e. The van der Waals surface area contributed by atoms with Crippen molar-refractivity contribution in [1.29, 1.82) is 0 Å². The fourth-order valence-electron chi connectivity index (χ4n) is 2.14. The number of aromatic nitrogens is 2.